The Morgan fingerprint density at radius 3 is 2.44 bits per heavy atom. The van der Waals surface area contributed by atoms with E-state index in [9.17, 15) is 4.79 Å². The van der Waals surface area contributed by atoms with Gasteiger partial charge in [0, 0.05) is 13.0 Å². The lowest BCUT2D eigenvalue weighted by Gasteiger charge is -2.06. The molecule has 106 valence electrons. The Balaban J connectivity index is 3.09. The second-order valence-corrected chi connectivity index (χ2v) is 4.39. The van der Waals surface area contributed by atoms with E-state index in [0.29, 0.717) is 19.7 Å². The minimum Gasteiger partial charge on any atom is -0.396 e. The molecule has 3 N–H and O–H groups in total. The summed E-state index contributed by atoms with van der Waals surface area (Å²) >= 11 is 0. The maximum absolute atomic E-state index is 11.2. The number of aliphatic hydroxyl groups is 1. The number of hydrogen-bond donors (Lipinski definition) is 3. The van der Waals surface area contributed by atoms with Gasteiger partial charge in [-0.15, -0.1) is 0 Å². The van der Waals surface area contributed by atoms with E-state index in [1.807, 2.05) is 19.1 Å². The van der Waals surface area contributed by atoms with Crippen LogP contribution in [0.4, 0.5) is 0 Å². The average molecular weight is 256 g/mol. The molecule has 0 rings (SSSR count). The zero-order valence-electron chi connectivity index (χ0n) is 11.6. The summed E-state index contributed by atoms with van der Waals surface area (Å²) in [6, 6.07) is 0. The van der Waals surface area contributed by atoms with Crippen LogP contribution < -0.4 is 10.6 Å². The molecule has 4 heteroatoms. The molecule has 1 amide bonds. The summed E-state index contributed by atoms with van der Waals surface area (Å²) in [5, 5.41) is 14.6. The Hall–Kier alpha value is -0.870. The Bertz CT molecular complexity index is 218. The molecule has 0 atom stereocenters. The van der Waals surface area contributed by atoms with Crippen LogP contribution in [0.15, 0.2) is 12.2 Å². The van der Waals surface area contributed by atoms with Crippen LogP contribution in [0, 0.1) is 0 Å². The van der Waals surface area contributed by atoms with Crippen LogP contribution in [-0.2, 0) is 4.79 Å². The van der Waals surface area contributed by atoms with Gasteiger partial charge in [0.1, 0.15) is 0 Å². The number of nitrogens with one attached hydrogen (secondary N) is 2. The Labute approximate surface area is 111 Å². The lowest BCUT2D eigenvalue weighted by atomic mass is 10.1. The highest BCUT2D eigenvalue weighted by molar-refractivity contribution is 5.77. The highest BCUT2D eigenvalue weighted by Crippen LogP contribution is 2.04. The van der Waals surface area contributed by atoms with Gasteiger partial charge in [0.25, 0.3) is 0 Å². The molecule has 0 aliphatic carbocycles. The SMILES string of the molecule is C/C=C/CC(=O)NCNCCCCCCCCO. The van der Waals surface area contributed by atoms with E-state index in [1.165, 1.54) is 19.3 Å². The second kappa shape index (κ2) is 14.2. The highest BCUT2D eigenvalue weighted by Gasteiger charge is 1.95. The molecule has 0 bridgehead atoms. The van der Waals surface area contributed by atoms with Crippen LogP contribution in [0.3, 0.4) is 0 Å². The van der Waals surface area contributed by atoms with E-state index in [4.69, 9.17) is 5.11 Å². The Kier molecular flexibility index (Phi) is 13.5. The molecular formula is C14H28N2O2. The summed E-state index contributed by atoms with van der Waals surface area (Å²) in [5.41, 5.74) is 0. The fraction of sp³-hybridized carbons (Fsp3) is 0.786. The Morgan fingerprint density at radius 2 is 1.78 bits per heavy atom. The molecule has 0 unspecified atom stereocenters. The van der Waals surface area contributed by atoms with Crippen molar-refractivity contribution in [3.63, 3.8) is 0 Å². The van der Waals surface area contributed by atoms with Gasteiger partial charge in [0.15, 0.2) is 0 Å². The molecule has 0 saturated heterocycles. The third-order valence-electron chi connectivity index (χ3n) is 2.71. The number of hydrogen-bond acceptors (Lipinski definition) is 3. The first kappa shape index (κ1) is 17.1. The first-order valence-electron chi connectivity index (χ1n) is 7.00. The maximum atomic E-state index is 11.2. The molecule has 0 aromatic carbocycles. The first-order valence-corrected chi connectivity index (χ1v) is 7.00. The molecule has 0 aliphatic rings. The normalized spacial score (nSPS) is 11.0. The summed E-state index contributed by atoms with van der Waals surface area (Å²) in [6.45, 7) is 3.73. The van der Waals surface area contributed by atoms with Crippen molar-refractivity contribution in [2.24, 2.45) is 0 Å². The number of unbranched alkanes of at least 4 members (excludes halogenated alkanes) is 5. The van der Waals surface area contributed by atoms with Crippen molar-refractivity contribution in [2.75, 3.05) is 19.8 Å². The summed E-state index contributed by atoms with van der Waals surface area (Å²) in [7, 11) is 0. The standard InChI is InChI=1S/C14H28N2O2/c1-2-3-10-14(18)16-13-15-11-8-6-4-5-7-9-12-17/h2-3,15,17H,4-13H2,1H3,(H,16,18)/b3-2+. The third kappa shape index (κ3) is 13.2. The van der Waals surface area contributed by atoms with Gasteiger partial charge >= 0.3 is 0 Å². The van der Waals surface area contributed by atoms with E-state index in [0.717, 1.165) is 25.8 Å². The van der Waals surface area contributed by atoms with Crippen LogP contribution in [0.25, 0.3) is 0 Å². The van der Waals surface area contributed by atoms with Crippen molar-refractivity contribution in [3.05, 3.63) is 12.2 Å². The van der Waals surface area contributed by atoms with Gasteiger partial charge in [-0.25, -0.2) is 0 Å². The second-order valence-electron chi connectivity index (χ2n) is 4.39. The number of carbonyl (C=O) groups is 1. The van der Waals surface area contributed by atoms with E-state index in [1.54, 1.807) is 0 Å². The molecular weight excluding hydrogens is 228 g/mol. The number of allylic oxidation sites excluding steroid dienone is 1. The minimum atomic E-state index is 0.0598. The fourth-order valence-electron chi connectivity index (χ4n) is 1.62. The van der Waals surface area contributed by atoms with Crippen LogP contribution in [0.5, 0.6) is 0 Å². The lowest BCUT2D eigenvalue weighted by molar-refractivity contribution is -0.120. The molecule has 4 nitrogen and oxygen atoms in total. The van der Waals surface area contributed by atoms with E-state index in [2.05, 4.69) is 10.6 Å². The van der Waals surface area contributed by atoms with E-state index < -0.39 is 0 Å². The van der Waals surface area contributed by atoms with Crippen LogP contribution >= 0.6 is 0 Å². The molecule has 0 radical (unpaired) electrons. The highest BCUT2D eigenvalue weighted by atomic mass is 16.2. The summed E-state index contributed by atoms with van der Waals surface area (Å²) in [5.74, 6) is 0.0598. The Morgan fingerprint density at radius 1 is 1.11 bits per heavy atom. The fourth-order valence-corrected chi connectivity index (χ4v) is 1.62. The minimum absolute atomic E-state index is 0.0598. The molecule has 0 aromatic heterocycles. The van der Waals surface area contributed by atoms with Crippen LogP contribution in [0.2, 0.25) is 0 Å². The maximum Gasteiger partial charge on any atom is 0.224 e. The van der Waals surface area contributed by atoms with Crippen LogP contribution in [-0.4, -0.2) is 30.8 Å². The summed E-state index contributed by atoms with van der Waals surface area (Å²) < 4.78 is 0. The van der Waals surface area contributed by atoms with Gasteiger partial charge in [0.2, 0.25) is 5.91 Å². The number of amides is 1. The lowest BCUT2D eigenvalue weighted by Crippen LogP contribution is -2.33. The molecule has 0 fully saturated rings. The van der Waals surface area contributed by atoms with Gasteiger partial charge < -0.3 is 10.4 Å². The predicted octanol–water partition coefficient (Wildman–Crippen LogP) is 1.95. The third-order valence-corrected chi connectivity index (χ3v) is 2.71. The van der Waals surface area contributed by atoms with Gasteiger partial charge in [-0.2, -0.15) is 0 Å². The first-order chi connectivity index (χ1) is 8.81. The molecule has 0 saturated carbocycles. The van der Waals surface area contributed by atoms with Crippen LogP contribution in [0.1, 0.15) is 51.9 Å². The summed E-state index contributed by atoms with van der Waals surface area (Å²) in [4.78, 5) is 11.2. The number of aliphatic hydroxyl groups excluding tert-OH is 1. The quantitative estimate of drug-likeness (QED) is 0.284. The average Bonchev–Trinajstić information content (AvgIpc) is 2.38. The molecule has 0 aromatic rings. The van der Waals surface area contributed by atoms with Crippen molar-refractivity contribution < 1.29 is 9.90 Å². The van der Waals surface area contributed by atoms with E-state index >= 15 is 0 Å². The van der Waals surface area contributed by atoms with Crippen molar-refractivity contribution in [1.82, 2.24) is 10.6 Å². The molecule has 18 heavy (non-hydrogen) atoms. The van der Waals surface area contributed by atoms with Gasteiger partial charge in [0.05, 0.1) is 6.67 Å². The van der Waals surface area contributed by atoms with E-state index in [-0.39, 0.29) is 5.91 Å². The van der Waals surface area contributed by atoms with Crippen molar-refractivity contribution in [2.45, 2.75) is 51.9 Å². The van der Waals surface area contributed by atoms with Crippen molar-refractivity contribution >= 4 is 5.91 Å². The van der Waals surface area contributed by atoms with Gasteiger partial charge in [-0.3, -0.25) is 10.1 Å². The van der Waals surface area contributed by atoms with Crippen molar-refractivity contribution in [3.8, 4) is 0 Å². The zero-order chi connectivity index (χ0) is 13.5. The summed E-state index contributed by atoms with van der Waals surface area (Å²) in [6.07, 6.45) is 11.0. The number of carbonyl (C=O) groups excluding carboxylic acids is 1. The number of rotatable bonds is 12. The topological polar surface area (TPSA) is 61.4 Å². The van der Waals surface area contributed by atoms with Gasteiger partial charge in [-0.1, -0.05) is 37.8 Å². The largest absolute Gasteiger partial charge is 0.396 e. The molecule has 0 aliphatic heterocycles. The smallest absolute Gasteiger partial charge is 0.224 e. The predicted molar refractivity (Wildman–Crippen MR) is 75.2 cm³/mol. The zero-order valence-corrected chi connectivity index (χ0v) is 11.6. The molecule has 0 heterocycles. The van der Waals surface area contributed by atoms with Gasteiger partial charge in [-0.05, 0) is 26.3 Å². The monoisotopic (exact) mass is 256 g/mol. The molecule has 0 spiro atoms. The van der Waals surface area contributed by atoms with Crippen molar-refractivity contribution in [1.29, 1.82) is 0 Å².